The van der Waals surface area contributed by atoms with Crippen LogP contribution in [-0.4, -0.2) is 5.78 Å². The van der Waals surface area contributed by atoms with Gasteiger partial charge in [-0.3, -0.25) is 4.79 Å². The number of rotatable bonds is 0. The molecule has 0 radical (unpaired) electrons. The Bertz CT molecular complexity index is 235. The van der Waals surface area contributed by atoms with Gasteiger partial charge < -0.3 is 0 Å². The Morgan fingerprint density at radius 1 is 1.50 bits per heavy atom. The molecular weight excluding hydrogens is 124 g/mol. The zero-order chi connectivity index (χ0) is 6.77. The number of carbonyl (C=O) groups is 1. The number of hydrogen-bond acceptors (Lipinski definition) is 1. The lowest BCUT2D eigenvalue weighted by molar-refractivity contribution is -0.132. The summed E-state index contributed by atoms with van der Waals surface area (Å²) in [5.74, 6) is 1.56. The lowest BCUT2D eigenvalue weighted by Gasteiger charge is -2.32. The number of fused-ring (bicyclic) bond motifs is 2. The maximum absolute atomic E-state index is 11.0. The number of ketones is 1. The van der Waals surface area contributed by atoms with Crippen molar-refractivity contribution in [3.8, 4) is 0 Å². The molecule has 0 aromatic rings. The van der Waals surface area contributed by atoms with Crippen LogP contribution in [0.5, 0.6) is 0 Å². The first-order valence-corrected chi connectivity index (χ1v) is 4.04. The SMILES string of the molecule is O=C1CC2C1C=CC21CC1. The lowest BCUT2D eigenvalue weighted by atomic mass is 9.69. The van der Waals surface area contributed by atoms with Crippen molar-refractivity contribution in [2.45, 2.75) is 19.3 Å². The molecule has 0 amide bonds. The van der Waals surface area contributed by atoms with Crippen molar-refractivity contribution in [3.63, 3.8) is 0 Å². The van der Waals surface area contributed by atoms with E-state index in [-0.39, 0.29) is 0 Å². The van der Waals surface area contributed by atoms with Crippen LogP contribution in [-0.2, 0) is 4.79 Å². The fourth-order valence-corrected chi connectivity index (χ4v) is 2.45. The molecule has 0 aromatic heterocycles. The minimum absolute atomic E-state index is 0.350. The van der Waals surface area contributed by atoms with E-state index < -0.39 is 0 Å². The first-order chi connectivity index (χ1) is 4.82. The molecule has 3 aliphatic carbocycles. The molecule has 1 spiro atoms. The minimum Gasteiger partial charge on any atom is -0.299 e. The summed E-state index contributed by atoms with van der Waals surface area (Å²) in [4.78, 5) is 11.0. The summed E-state index contributed by atoms with van der Waals surface area (Å²) in [6.07, 6.45) is 8.00. The van der Waals surface area contributed by atoms with Crippen molar-refractivity contribution in [2.75, 3.05) is 0 Å². The van der Waals surface area contributed by atoms with Gasteiger partial charge in [-0.1, -0.05) is 12.2 Å². The molecule has 0 heterocycles. The second-order valence-electron chi connectivity index (χ2n) is 3.89. The van der Waals surface area contributed by atoms with Crippen LogP contribution in [0.25, 0.3) is 0 Å². The van der Waals surface area contributed by atoms with Gasteiger partial charge in [0, 0.05) is 12.3 Å². The van der Waals surface area contributed by atoms with Crippen LogP contribution in [0, 0.1) is 17.3 Å². The summed E-state index contributed by atoms with van der Waals surface area (Å²) >= 11 is 0. The van der Waals surface area contributed by atoms with Crippen LogP contribution in [0.4, 0.5) is 0 Å². The van der Waals surface area contributed by atoms with Gasteiger partial charge in [-0.25, -0.2) is 0 Å². The van der Waals surface area contributed by atoms with Crippen LogP contribution in [0.3, 0.4) is 0 Å². The van der Waals surface area contributed by atoms with E-state index in [1.54, 1.807) is 0 Å². The van der Waals surface area contributed by atoms with Crippen molar-refractivity contribution in [1.82, 2.24) is 0 Å². The standard InChI is InChI=1S/C9H10O/c10-8-5-7-6(8)1-2-9(7)3-4-9/h1-2,6-7H,3-5H2. The predicted octanol–water partition coefficient (Wildman–Crippen LogP) is 1.54. The topological polar surface area (TPSA) is 17.1 Å². The molecule has 52 valence electrons. The third-order valence-corrected chi connectivity index (χ3v) is 3.43. The van der Waals surface area contributed by atoms with Crippen molar-refractivity contribution in [1.29, 1.82) is 0 Å². The second-order valence-corrected chi connectivity index (χ2v) is 3.89. The van der Waals surface area contributed by atoms with E-state index >= 15 is 0 Å². The largest absolute Gasteiger partial charge is 0.299 e. The van der Waals surface area contributed by atoms with Crippen LogP contribution >= 0.6 is 0 Å². The third kappa shape index (κ3) is 0.377. The van der Waals surface area contributed by atoms with Gasteiger partial charge in [0.15, 0.2) is 0 Å². The van der Waals surface area contributed by atoms with Crippen molar-refractivity contribution < 1.29 is 4.79 Å². The van der Waals surface area contributed by atoms with Crippen LogP contribution in [0.2, 0.25) is 0 Å². The van der Waals surface area contributed by atoms with Crippen LogP contribution in [0.15, 0.2) is 12.2 Å². The van der Waals surface area contributed by atoms with E-state index in [9.17, 15) is 4.79 Å². The maximum Gasteiger partial charge on any atom is 0.140 e. The fraction of sp³-hybridized carbons (Fsp3) is 0.667. The van der Waals surface area contributed by atoms with E-state index in [0.717, 1.165) is 12.3 Å². The molecule has 0 saturated heterocycles. The Kier molecular flexibility index (Phi) is 0.627. The number of Topliss-reactive ketones (excluding diaryl/α,β-unsaturated/α-hetero) is 1. The summed E-state index contributed by atoms with van der Waals surface area (Å²) in [7, 11) is 0. The highest BCUT2D eigenvalue weighted by Gasteiger charge is 2.59. The molecule has 10 heavy (non-hydrogen) atoms. The van der Waals surface area contributed by atoms with Gasteiger partial charge in [-0.2, -0.15) is 0 Å². The molecule has 2 fully saturated rings. The molecule has 0 bridgehead atoms. The quantitative estimate of drug-likeness (QED) is 0.459. The van der Waals surface area contributed by atoms with Crippen LogP contribution in [0.1, 0.15) is 19.3 Å². The van der Waals surface area contributed by atoms with Crippen molar-refractivity contribution >= 4 is 5.78 Å². The Morgan fingerprint density at radius 3 is 2.80 bits per heavy atom. The fourth-order valence-electron chi connectivity index (χ4n) is 2.45. The number of allylic oxidation sites excluding steroid dienone is 2. The lowest BCUT2D eigenvalue weighted by Crippen LogP contribution is -2.37. The normalized spacial score (nSPS) is 45.4. The van der Waals surface area contributed by atoms with Crippen molar-refractivity contribution in [3.05, 3.63) is 12.2 Å². The summed E-state index contributed by atoms with van der Waals surface area (Å²) in [6.45, 7) is 0. The molecule has 0 aromatic carbocycles. The van der Waals surface area contributed by atoms with Gasteiger partial charge in [-0.05, 0) is 24.2 Å². The highest BCUT2D eigenvalue weighted by atomic mass is 16.1. The minimum atomic E-state index is 0.350. The van der Waals surface area contributed by atoms with Gasteiger partial charge in [-0.15, -0.1) is 0 Å². The summed E-state index contributed by atoms with van der Waals surface area (Å²) in [6, 6.07) is 0. The van der Waals surface area contributed by atoms with Gasteiger partial charge in [0.25, 0.3) is 0 Å². The Hall–Kier alpha value is -0.590. The molecule has 0 N–H and O–H groups in total. The van der Waals surface area contributed by atoms with E-state index in [4.69, 9.17) is 0 Å². The zero-order valence-electron chi connectivity index (χ0n) is 5.84. The maximum atomic E-state index is 11.0. The van der Waals surface area contributed by atoms with Crippen molar-refractivity contribution in [2.24, 2.45) is 17.3 Å². The molecule has 3 rings (SSSR count). The van der Waals surface area contributed by atoms with Gasteiger partial charge in [0.1, 0.15) is 5.78 Å². The molecular formula is C9H10O. The first-order valence-electron chi connectivity index (χ1n) is 4.04. The van der Waals surface area contributed by atoms with Gasteiger partial charge >= 0.3 is 0 Å². The number of carbonyl (C=O) groups excluding carboxylic acids is 1. The van der Waals surface area contributed by atoms with E-state index in [2.05, 4.69) is 12.2 Å². The summed E-state index contributed by atoms with van der Waals surface area (Å²) in [5, 5.41) is 0. The smallest absolute Gasteiger partial charge is 0.140 e. The Morgan fingerprint density at radius 2 is 2.30 bits per heavy atom. The van der Waals surface area contributed by atoms with Gasteiger partial charge in [0.2, 0.25) is 0 Å². The van der Waals surface area contributed by atoms with E-state index in [1.165, 1.54) is 12.8 Å². The van der Waals surface area contributed by atoms with Gasteiger partial charge in [0.05, 0.1) is 0 Å². The highest BCUT2D eigenvalue weighted by Crippen LogP contribution is 2.64. The highest BCUT2D eigenvalue weighted by molar-refractivity contribution is 5.90. The summed E-state index contributed by atoms with van der Waals surface area (Å²) < 4.78 is 0. The molecule has 0 aliphatic heterocycles. The van der Waals surface area contributed by atoms with E-state index in [1.807, 2.05) is 0 Å². The molecule has 2 saturated carbocycles. The molecule has 1 heteroatoms. The average molecular weight is 134 g/mol. The second kappa shape index (κ2) is 1.23. The third-order valence-electron chi connectivity index (χ3n) is 3.43. The zero-order valence-corrected chi connectivity index (χ0v) is 5.84. The molecule has 1 nitrogen and oxygen atoms in total. The monoisotopic (exact) mass is 134 g/mol. The Labute approximate surface area is 60.1 Å². The van der Waals surface area contributed by atoms with Crippen LogP contribution < -0.4 is 0 Å². The Balaban J connectivity index is 1.98. The molecule has 2 atom stereocenters. The first kappa shape index (κ1) is 5.11. The van der Waals surface area contributed by atoms with E-state index in [0.29, 0.717) is 17.1 Å². The molecule has 2 unspecified atom stereocenters. The average Bonchev–Trinajstić information content (AvgIpc) is 2.57. The summed E-state index contributed by atoms with van der Waals surface area (Å²) in [5.41, 5.74) is 0.540. The molecule has 3 aliphatic rings. The predicted molar refractivity (Wildman–Crippen MR) is 37.4 cm³/mol. The number of hydrogen-bond donors (Lipinski definition) is 0.